The summed E-state index contributed by atoms with van der Waals surface area (Å²) in [5.41, 5.74) is 0.854. The zero-order valence-electron chi connectivity index (χ0n) is 10.6. The first-order valence-corrected chi connectivity index (χ1v) is 7.73. The lowest BCUT2D eigenvalue weighted by atomic mass is 9.99. The number of amides is 1. The molecule has 1 aliphatic rings. The summed E-state index contributed by atoms with van der Waals surface area (Å²) in [4.78, 5) is 15.0. The Morgan fingerprint density at radius 3 is 2.83 bits per heavy atom. The van der Waals surface area contributed by atoms with Gasteiger partial charge in [0.2, 0.25) is 0 Å². The van der Waals surface area contributed by atoms with Crippen molar-refractivity contribution >= 4 is 29.0 Å². The number of aromatic nitrogens is 2. The van der Waals surface area contributed by atoms with E-state index in [0.717, 1.165) is 49.3 Å². The van der Waals surface area contributed by atoms with Gasteiger partial charge in [-0.05, 0) is 36.7 Å². The van der Waals surface area contributed by atoms with E-state index in [1.807, 2.05) is 4.90 Å². The van der Waals surface area contributed by atoms with Crippen LogP contribution in [0, 0.1) is 5.92 Å². The molecule has 4 nitrogen and oxygen atoms in total. The van der Waals surface area contributed by atoms with Crippen molar-refractivity contribution in [3.63, 3.8) is 0 Å². The van der Waals surface area contributed by atoms with Crippen LogP contribution >= 0.6 is 23.1 Å². The SMILES string of the molecule is CCCc1nnsc1C(=O)N1CCC(CCl)CC1. The van der Waals surface area contributed by atoms with Gasteiger partial charge in [0.25, 0.3) is 5.91 Å². The number of rotatable bonds is 4. The Labute approximate surface area is 116 Å². The molecular formula is C12H18ClN3OS. The third-order valence-electron chi connectivity index (χ3n) is 3.36. The minimum absolute atomic E-state index is 0.0986. The van der Waals surface area contributed by atoms with Crippen molar-refractivity contribution in [1.29, 1.82) is 0 Å². The molecule has 0 unspecified atom stereocenters. The number of aryl methyl sites for hydroxylation is 1. The maximum absolute atomic E-state index is 12.4. The Morgan fingerprint density at radius 1 is 1.50 bits per heavy atom. The first kappa shape index (κ1) is 13.7. The molecule has 0 radical (unpaired) electrons. The van der Waals surface area contributed by atoms with E-state index < -0.39 is 0 Å². The summed E-state index contributed by atoms with van der Waals surface area (Å²) in [6.07, 6.45) is 3.82. The van der Waals surface area contributed by atoms with Crippen LogP contribution < -0.4 is 0 Å². The molecule has 0 bridgehead atoms. The lowest BCUT2D eigenvalue weighted by Gasteiger charge is -2.30. The van der Waals surface area contributed by atoms with E-state index in [1.165, 1.54) is 11.5 Å². The number of alkyl halides is 1. The fourth-order valence-corrected chi connectivity index (χ4v) is 3.19. The molecule has 1 aromatic rings. The molecule has 1 aliphatic heterocycles. The predicted molar refractivity (Wildman–Crippen MR) is 73.3 cm³/mol. The van der Waals surface area contributed by atoms with E-state index in [1.54, 1.807) is 0 Å². The van der Waals surface area contributed by atoms with Crippen LogP contribution in [0.25, 0.3) is 0 Å². The quantitative estimate of drug-likeness (QED) is 0.800. The molecule has 6 heteroatoms. The number of piperidine rings is 1. The highest BCUT2D eigenvalue weighted by molar-refractivity contribution is 7.08. The van der Waals surface area contributed by atoms with Gasteiger partial charge in [-0.25, -0.2) is 0 Å². The van der Waals surface area contributed by atoms with Crippen LogP contribution in [0.2, 0.25) is 0 Å². The molecule has 100 valence electrons. The standard InChI is InChI=1S/C12H18ClN3OS/c1-2-3-10-11(18-15-14-10)12(17)16-6-4-9(8-13)5-7-16/h9H,2-8H2,1H3. The second-order valence-corrected chi connectivity index (χ2v) is 5.75. The second kappa shape index (κ2) is 6.48. The molecule has 2 heterocycles. The molecule has 0 aromatic carbocycles. The molecular weight excluding hydrogens is 270 g/mol. The number of nitrogens with zero attached hydrogens (tertiary/aromatic N) is 3. The van der Waals surface area contributed by atoms with E-state index in [4.69, 9.17) is 11.6 Å². The third-order valence-corrected chi connectivity index (χ3v) is 4.55. The normalized spacial score (nSPS) is 17.1. The molecule has 1 amide bonds. The number of hydrogen-bond acceptors (Lipinski definition) is 4. The van der Waals surface area contributed by atoms with E-state index in [0.29, 0.717) is 11.8 Å². The van der Waals surface area contributed by atoms with Crippen LogP contribution in [0.15, 0.2) is 0 Å². The van der Waals surface area contributed by atoms with Gasteiger partial charge in [-0.15, -0.1) is 16.7 Å². The molecule has 1 fully saturated rings. The Morgan fingerprint density at radius 2 is 2.22 bits per heavy atom. The number of likely N-dealkylation sites (tertiary alicyclic amines) is 1. The molecule has 0 atom stereocenters. The molecule has 18 heavy (non-hydrogen) atoms. The second-order valence-electron chi connectivity index (χ2n) is 4.69. The number of carbonyl (C=O) groups excluding carboxylic acids is 1. The van der Waals surface area contributed by atoms with Crippen molar-refractivity contribution in [2.45, 2.75) is 32.6 Å². The number of halogens is 1. The highest BCUT2D eigenvalue weighted by Gasteiger charge is 2.26. The van der Waals surface area contributed by atoms with Crippen molar-refractivity contribution in [1.82, 2.24) is 14.5 Å². The first-order chi connectivity index (χ1) is 8.76. The summed E-state index contributed by atoms with van der Waals surface area (Å²) < 4.78 is 3.91. The Hall–Kier alpha value is -0.680. The summed E-state index contributed by atoms with van der Waals surface area (Å²) in [6.45, 7) is 3.69. The Bertz CT molecular complexity index is 402. The topological polar surface area (TPSA) is 46.1 Å². The molecule has 1 saturated heterocycles. The number of hydrogen-bond donors (Lipinski definition) is 0. The lowest BCUT2D eigenvalue weighted by Crippen LogP contribution is -2.38. The fourth-order valence-electron chi connectivity index (χ4n) is 2.21. The van der Waals surface area contributed by atoms with Crippen molar-refractivity contribution < 1.29 is 4.79 Å². The highest BCUT2D eigenvalue weighted by Crippen LogP contribution is 2.22. The van der Waals surface area contributed by atoms with Crippen LogP contribution in [0.4, 0.5) is 0 Å². The summed E-state index contributed by atoms with van der Waals surface area (Å²) in [5.74, 6) is 1.36. The van der Waals surface area contributed by atoms with Crippen LogP contribution in [0.1, 0.15) is 41.6 Å². The fraction of sp³-hybridized carbons (Fsp3) is 0.750. The highest BCUT2D eigenvalue weighted by atomic mass is 35.5. The summed E-state index contributed by atoms with van der Waals surface area (Å²) >= 11 is 7.07. The van der Waals surface area contributed by atoms with E-state index in [2.05, 4.69) is 16.5 Å². The van der Waals surface area contributed by atoms with Gasteiger partial charge in [0, 0.05) is 19.0 Å². The number of carbonyl (C=O) groups is 1. The van der Waals surface area contributed by atoms with Crippen LogP contribution in [0.5, 0.6) is 0 Å². The van der Waals surface area contributed by atoms with Gasteiger partial charge in [-0.2, -0.15) is 0 Å². The average Bonchev–Trinajstić information content (AvgIpc) is 2.87. The smallest absolute Gasteiger partial charge is 0.267 e. The molecule has 2 rings (SSSR count). The van der Waals surface area contributed by atoms with Gasteiger partial charge >= 0.3 is 0 Å². The van der Waals surface area contributed by atoms with E-state index in [9.17, 15) is 4.79 Å². The molecule has 0 aliphatic carbocycles. The van der Waals surface area contributed by atoms with Gasteiger partial charge in [0.05, 0.1) is 5.69 Å². The van der Waals surface area contributed by atoms with Gasteiger partial charge < -0.3 is 4.90 Å². The van der Waals surface area contributed by atoms with Crippen molar-refractivity contribution in [2.24, 2.45) is 5.92 Å². The first-order valence-electron chi connectivity index (χ1n) is 6.42. The minimum Gasteiger partial charge on any atom is -0.338 e. The molecule has 0 N–H and O–H groups in total. The van der Waals surface area contributed by atoms with Crippen molar-refractivity contribution in [3.05, 3.63) is 10.6 Å². The zero-order chi connectivity index (χ0) is 13.0. The van der Waals surface area contributed by atoms with E-state index >= 15 is 0 Å². The van der Waals surface area contributed by atoms with Gasteiger partial charge in [-0.3, -0.25) is 4.79 Å². The van der Waals surface area contributed by atoms with Crippen molar-refractivity contribution in [2.75, 3.05) is 19.0 Å². The summed E-state index contributed by atoms with van der Waals surface area (Å²) in [6, 6.07) is 0. The van der Waals surface area contributed by atoms with Gasteiger partial charge in [0.1, 0.15) is 4.88 Å². The van der Waals surface area contributed by atoms with Gasteiger partial charge in [0.15, 0.2) is 0 Å². The van der Waals surface area contributed by atoms with Crippen LogP contribution in [-0.4, -0.2) is 39.4 Å². The largest absolute Gasteiger partial charge is 0.338 e. The average molecular weight is 288 g/mol. The lowest BCUT2D eigenvalue weighted by molar-refractivity contribution is 0.0702. The summed E-state index contributed by atoms with van der Waals surface area (Å²) in [7, 11) is 0. The monoisotopic (exact) mass is 287 g/mol. The van der Waals surface area contributed by atoms with Gasteiger partial charge in [-0.1, -0.05) is 17.8 Å². The Balaban J connectivity index is 2.01. The zero-order valence-corrected chi connectivity index (χ0v) is 12.1. The third kappa shape index (κ3) is 3.01. The van der Waals surface area contributed by atoms with Crippen molar-refractivity contribution in [3.8, 4) is 0 Å². The minimum atomic E-state index is 0.0986. The molecule has 0 saturated carbocycles. The maximum atomic E-state index is 12.4. The maximum Gasteiger partial charge on any atom is 0.267 e. The van der Waals surface area contributed by atoms with E-state index in [-0.39, 0.29) is 5.91 Å². The molecule has 1 aromatic heterocycles. The van der Waals surface area contributed by atoms with Crippen LogP contribution in [0.3, 0.4) is 0 Å². The Kier molecular flexibility index (Phi) is 4.95. The molecule has 0 spiro atoms. The summed E-state index contributed by atoms with van der Waals surface area (Å²) in [5, 5.41) is 4.05. The predicted octanol–water partition coefficient (Wildman–Crippen LogP) is 2.58. The van der Waals surface area contributed by atoms with Crippen LogP contribution in [-0.2, 0) is 6.42 Å².